The lowest BCUT2D eigenvalue weighted by Crippen LogP contribution is -3.15. The molecule has 1 heterocycles. The second-order valence-electron chi connectivity index (χ2n) is 6.76. The smallest absolute Gasteiger partial charge is 0.292 e. The minimum Gasteiger partial charge on any atom is -0.492 e. The van der Waals surface area contributed by atoms with E-state index in [9.17, 15) is 10.1 Å². The monoisotopic (exact) mass is 387 g/mol. The van der Waals surface area contributed by atoms with Gasteiger partial charge < -0.3 is 25.0 Å². The first-order chi connectivity index (χ1) is 13.7. The van der Waals surface area contributed by atoms with Crippen LogP contribution in [0.4, 0.5) is 17.1 Å². The second-order valence-corrected chi connectivity index (χ2v) is 6.76. The molecule has 0 atom stereocenters. The average Bonchev–Trinajstić information content (AvgIpc) is 2.72. The number of nitro benzene ring substituents is 1. The number of ether oxygens (including phenoxy) is 1. The van der Waals surface area contributed by atoms with Crippen molar-refractivity contribution in [1.29, 1.82) is 0 Å². The van der Waals surface area contributed by atoms with Gasteiger partial charge in [0.25, 0.3) is 5.69 Å². The third-order valence-electron chi connectivity index (χ3n) is 4.91. The quantitative estimate of drug-likeness (QED) is 0.335. The topological polar surface area (TPSA) is 92.3 Å². The molecule has 3 N–H and O–H groups in total. The molecule has 0 spiro atoms. The van der Waals surface area contributed by atoms with Crippen LogP contribution in [0.2, 0.25) is 0 Å². The van der Waals surface area contributed by atoms with Crippen LogP contribution in [0.1, 0.15) is 0 Å². The van der Waals surface area contributed by atoms with E-state index in [0.29, 0.717) is 18.8 Å². The van der Waals surface area contributed by atoms with Crippen LogP contribution >= 0.6 is 0 Å². The van der Waals surface area contributed by atoms with Gasteiger partial charge in [0.05, 0.1) is 37.7 Å². The van der Waals surface area contributed by atoms with Crippen LogP contribution in [0.5, 0.6) is 5.75 Å². The number of benzene rings is 2. The van der Waals surface area contributed by atoms with Gasteiger partial charge in [-0.25, -0.2) is 0 Å². The number of nitrogens with one attached hydrogen (secondary N) is 2. The third-order valence-corrected chi connectivity index (χ3v) is 4.91. The highest BCUT2D eigenvalue weighted by atomic mass is 16.6. The van der Waals surface area contributed by atoms with Gasteiger partial charge in [-0.05, 0) is 24.3 Å². The van der Waals surface area contributed by atoms with Crippen molar-refractivity contribution in [2.75, 3.05) is 62.7 Å². The third kappa shape index (κ3) is 5.34. The molecule has 2 aromatic rings. The van der Waals surface area contributed by atoms with Crippen molar-refractivity contribution in [3.63, 3.8) is 0 Å². The van der Waals surface area contributed by atoms with E-state index in [1.54, 1.807) is 12.1 Å². The normalized spacial score (nSPS) is 14.7. The van der Waals surface area contributed by atoms with Crippen LogP contribution in [-0.4, -0.2) is 62.5 Å². The van der Waals surface area contributed by atoms with Crippen molar-refractivity contribution in [2.24, 2.45) is 0 Å². The number of para-hydroxylation sites is 1. The maximum Gasteiger partial charge on any atom is 0.292 e. The van der Waals surface area contributed by atoms with Crippen LogP contribution in [0.3, 0.4) is 0 Å². The summed E-state index contributed by atoms with van der Waals surface area (Å²) in [6, 6.07) is 14.7. The Morgan fingerprint density at radius 3 is 2.61 bits per heavy atom. The highest BCUT2D eigenvalue weighted by Gasteiger charge is 2.22. The maximum absolute atomic E-state index is 11.4. The molecule has 8 heteroatoms. The first-order valence-electron chi connectivity index (χ1n) is 9.57. The van der Waals surface area contributed by atoms with Crippen molar-refractivity contribution < 1.29 is 19.7 Å². The molecule has 8 nitrogen and oxygen atoms in total. The minimum absolute atomic E-state index is 0.0630. The molecule has 0 aromatic heterocycles. The van der Waals surface area contributed by atoms with E-state index in [4.69, 9.17) is 9.84 Å². The summed E-state index contributed by atoms with van der Waals surface area (Å²) < 4.78 is 5.64. The molecule has 1 aliphatic rings. The molecular weight excluding hydrogens is 360 g/mol. The SMILES string of the molecule is O=[N+]([O-])c1ccc(N2CC[NH+](CCO)CC2)cc1NCCOc1ccccc1. The first-order valence-corrected chi connectivity index (χ1v) is 9.57. The van der Waals surface area contributed by atoms with E-state index >= 15 is 0 Å². The van der Waals surface area contributed by atoms with E-state index in [0.717, 1.165) is 44.2 Å². The number of hydrogen-bond acceptors (Lipinski definition) is 6. The highest BCUT2D eigenvalue weighted by molar-refractivity contribution is 5.69. The largest absolute Gasteiger partial charge is 0.492 e. The van der Waals surface area contributed by atoms with Crippen molar-refractivity contribution >= 4 is 17.1 Å². The number of rotatable bonds is 9. The Kier molecular flexibility index (Phi) is 7.05. The summed E-state index contributed by atoms with van der Waals surface area (Å²) >= 11 is 0. The number of quaternary nitrogens is 1. The van der Waals surface area contributed by atoms with Gasteiger partial charge in [-0.2, -0.15) is 0 Å². The predicted octanol–water partition coefficient (Wildman–Crippen LogP) is 0.783. The Morgan fingerprint density at radius 2 is 1.93 bits per heavy atom. The Hall–Kier alpha value is -2.84. The first kappa shape index (κ1) is 19.9. The van der Waals surface area contributed by atoms with Gasteiger partial charge in [0.1, 0.15) is 24.6 Å². The zero-order valence-corrected chi connectivity index (χ0v) is 15.8. The minimum atomic E-state index is -0.368. The molecule has 0 bridgehead atoms. The summed E-state index contributed by atoms with van der Waals surface area (Å²) in [5.74, 6) is 0.774. The lowest BCUT2D eigenvalue weighted by Gasteiger charge is -2.33. The van der Waals surface area contributed by atoms with E-state index in [1.807, 2.05) is 36.4 Å². The number of nitrogens with zero attached hydrogens (tertiary/aromatic N) is 2. The van der Waals surface area contributed by atoms with Crippen molar-refractivity contribution in [3.05, 3.63) is 58.6 Å². The van der Waals surface area contributed by atoms with Gasteiger partial charge in [0, 0.05) is 18.3 Å². The van der Waals surface area contributed by atoms with Crippen molar-refractivity contribution in [2.45, 2.75) is 0 Å². The number of aliphatic hydroxyl groups excluding tert-OH is 1. The summed E-state index contributed by atoms with van der Waals surface area (Å²) in [6.45, 7) is 5.47. The standard InChI is InChI=1S/C20H26N4O4/c25-14-13-22-9-11-23(12-10-22)17-6-7-20(24(26)27)19(16-17)21-8-15-28-18-4-2-1-3-5-18/h1-7,16,21,25H,8-15H2/p+1. The second kappa shape index (κ2) is 9.91. The lowest BCUT2D eigenvalue weighted by atomic mass is 10.2. The summed E-state index contributed by atoms with van der Waals surface area (Å²) in [5, 5.41) is 23.6. The number of hydrogen-bond donors (Lipinski definition) is 3. The molecular formula is C20H27N4O4+. The maximum atomic E-state index is 11.4. The molecule has 0 amide bonds. The van der Waals surface area contributed by atoms with Crippen LogP contribution in [0.15, 0.2) is 48.5 Å². The fourth-order valence-electron chi connectivity index (χ4n) is 3.38. The lowest BCUT2D eigenvalue weighted by molar-refractivity contribution is -0.900. The number of nitro groups is 1. The van der Waals surface area contributed by atoms with Crippen molar-refractivity contribution in [1.82, 2.24) is 0 Å². The molecule has 2 aromatic carbocycles. The fourth-order valence-corrected chi connectivity index (χ4v) is 3.38. The Bertz CT molecular complexity index is 764. The predicted molar refractivity (Wildman–Crippen MR) is 108 cm³/mol. The van der Waals surface area contributed by atoms with Crippen LogP contribution in [0, 0.1) is 10.1 Å². The zero-order chi connectivity index (χ0) is 19.8. The van der Waals surface area contributed by atoms with Gasteiger partial charge >= 0.3 is 0 Å². The molecule has 28 heavy (non-hydrogen) atoms. The molecule has 3 rings (SSSR count). The van der Waals surface area contributed by atoms with Gasteiger partial charge in [-0.15, -0.1) is 0 Å². The van der Waals surface area contributed by atoms with Gasteiger partial charge in [-0.1, -0.05) is 18.2 Å². The fraction of sp³-hybridized carbons (Fsp3) is 0.400. The summed E-state index contributed by atoms with van der Waals surface area (Å²) in [4.78, 5) is 14.6. The molecule has 0 saturated carbocycles. The summed E-state index contributed by atoms with van der Waals surface area (Å²) in [5.41, 5.74) is 1.54. The Balaban J connectivity index is 1.60. The number of anilines is 2. The number of aliphatic hydroxyl groups is 1. The highest BCUT2D eigenvalue weighted by Crippen LogP contribution is 2.29. The van der Waals surface area contributed by atoms with Crippen LogP contribution in [0.25, 0.3) is 0 Å². The molecule has 0 unspecified atom stereocenters. The summed E-state index contributed by atoms with van der Waals surface area (Å²) in [7, 11) is 0. The molecule has 0 aliphatic carbocycles. The van der Waals surface area contributed by atoms with E-state index in [2.05, 4.69) is 10.2 Å². The van der Waals surface area contributed by atoms with Gasteiger partial charge in [0.15, 0.2) is 0 Å². The molecule has 150 valence electrons. The van der Waals surface area contributed by atoms with Crippen LogP contribution in [-0.2, 0) is 0 Å². The zero-order valence-electron chi connectivity index (χ0n) is 15.8. The van der Waals surface area contributed by atoms with E-state index in [1.165, 1.54) is 4.90 Å². The van der Waals surface area contributed by atoms with E-state index < -0.39 is 0 Å². The van der Waals surface area contributed by atoms with Crippen molar-refractivity contribution in [3.8, 4) is 5.75 Å². The number of piperazine rings is 1. The van der Waals surface area contributed by atoms with Crippen LogP contribution < -0.4 is 19.9 Å². The van der Waals surface area contributed by atoms with E-state index in [-0.39, 0.29) is 17.2 Å². The van der Waals surface area contributed by atoms with Gasteiger partial charge in [-0.3, -0.25) is 10.1 Å². The molecule has 0 radical (unpaired) electrons. The van der Waals surface area contributed by atoms with Gasteiger partial charge in [0.2, 0.25) is 0 Å². The Labute approximate surface area is 164 Å². The summed E-state index contributed by atoms with van der Waals surface area (Å²) in [6.07, 6.45) is 0. The Morgan fingerprint density at radius 1 is 1.18 bits per heavy atom. The molecule has 1 aliphatic heterocycles. The molecule has 1 saturated heterocycles. The molecule has 1 fully saturated rings. The average molecular weight is 387 g/mol.